The third-order valence-electron chi connectivity index (χ3n) is 15.9. The molecule has 91 heavy (non-hydrogen) atoms. The Hall–Kier alpha value is -8.52. The van der Waals surface area contributed by atoms with E-state index >= 15 is 0 Å². The lowest BCUT2D eigenvalue weighted by Gasteiger charge is -2.28. The van der Waals surface area contributed by atoms with Gasteiger partial charge in [-0.3, -0.25) is 24.4 Å². The first kappa shape index (κ1) is 68.4. The summed E-state index contributed by atoms with van der Waals surface area (Å²) in [6, 6.07) is 32.0. The van der Waals surface area contributed by atoms with Gasteiger partial charge in [0.05, 0.1) is 41.9 Å². The first-order valence-electron chi connectivity index (χ1n) is 31.9. The van der Waals surface area contributed by atoms with Crippen LogP contribution in [0.5, 0.6) is 0 Å². The first-order chi connectivity index (χ1) is 42.9. The number of rotatable bonds is 12. The van der Waals surface area contributed by atoms with Gasteiger partial charge in [0, 0.05) is 39.1 Å². The van der Waals surface area contributed by atoms with Gasteiger partial charge in [-0.05, 0) is 185 Å². The maximum absolute atomic E-state index is 13.0. The van der Waals surface area contributed by atoms with Crippen LogP contribution in [0.4, 0.5) is 19.2 Å². The number of likely N-dealkylation sites (tertiary alicyclic amines) is 4. The molecule has 20 heteroatoms. The van der Waals surface area contributed by atoms with Crippen molar-refractivity contribution >= 4 is 36.1 Å². The number of aromatic nitrogens is 4. The van der Waals surface area contributed by atoms with Crippen molar-refractivity contribution in [1.82, 2.24) is 39.5 Å². The van der Waals surface area contributed by atoms with Gasteiger partial charge in [0.15, 0.2) is 5.78 Å². The molecule has 5 N–H and O–H groups in total. The summed E-state index contributed by atoms with van der Waals surface area (Å²) in [5, 5.41) is 8.88. The highest BCUT2D eigenvalue weighted by molar-refractivity contribution is 5.88. The zero-order chi connectivity index (χ0) is 66.0. The smallest absolute Gasteiger partial charge is 0.411 e. The monoisotopic (exact) mass is 1250 g/mol. The number of Topliss-reactive ketones (excluding diaryl/α,β-unsaturated/α-hetero) is 1. The molecule has 6 aromatic rings. The van der Waals surface area contributed by atoms with E-state index in [9.17, 15) is 28.8 Å². The van der Waals surface area contributed by atoms with Crippen molar-refractivity contribution in [2.45, 2.75) is 200 Å². The quantitative estimate of drug-likeness (QED) is 0.0832. The number of carbonyl (C=O) groups is 6. The summed E-state index contributed by atoms with van der Waals surface area (Å²) in [5.41, 5.74) is 14.1. The van der Waals surface area contributed by atoms with E-state index in [0.29, 0.717) is 58.4 Å². The minimum atomic E-state index is -0.960. The number of aryl methyl sites for hydroxylation is 1. The standard InChI is InChI=1S/C36H46N4O5.C25H30N4O2.C10H17NO4/c1-35(2,3)44-33(42)39-21-7-9-29(39)31(41)20-13-24-11-14-25(15-12-24)26-16-18-27(19-17-26)28-23-37-32(38-28)30-10-8-22-40(30)34(43)45-36(4,5)6;1-25(2,3)31-24(30)29-14-4-5-22(29)23-27-16-21(28-23)20-12-10-19(11-13-20)18-8-6-17(15-26)7-9-18;1-10(2,3)15-9(14)11-6-4-5-7(11)8(12)13/h11-12,14-19,23,29-30H,7-10,13,20-22H2,1-6H3,(H,37,38);6-13,16,22H,4-5,14-15,26H2,1-3H3,(H,27,28);7H,4-6H2,1-3H3,(H,12,13)/t29-,30-;22-;7-/m000/s1. The van der Waals surface area contributed by atoms with Gasteiger partial charge in [0.2, 0.25) is 0 Å². The number of ketones is 1. The van der Waals surface area contributed by atoms with Gasteiger partial charge in [0.25, 0.3) is 0 Å². The summed E-state index contributed by atoms with van der Waals surface area (Å²) in [6.45, 7) is 25.0. The molecule has 10 rings (SSSR count). The third-order valence-corrected chi connectivity index (χ3v) is 15.9. The lowest BCUT2D eigenvalue weighted by molar-refractivity contribution is -0.142. The fourth-order valence-electron chi connectivity index (χ4n) is 11.5. The van der Waals surface area contributed by atoms with Crippen LogP contribution in [0.15, 0.2) is 109 Å². The van der Waals surface area contributed by atoms with Gasteiger partial charge >= 0.3 is 30.3 Å². The molecule has 6 heterocycles. The highest BCUT2D eigenvalue weighted by Crippen LogP contribution is 2.36. The molecule has 4 aliphatic rings. The Labute approximate surface area is 535 Å². The van der Waals surface area contributed by atoms with Crippen LogP contribution in [0.25, 0.3) is 44.8 Å². The molecule has 0 spiro atoms. The van der Waals surface area contributed by atoms with Crippen molar-refractivity contribution in [1.29, 1.82) is 0 Å². The molecular weight excluding hydrogens is 1150 g/mol. The van der Waals surface area contributed by atoms with Crippen LogP contribution >= 0.6 is 0 Å². The van der Waals surface area contributed by atoms with Crippen molar-refractivity contribution in [3.8, 4) is 44.8 Å². The fraction of sp³-hybridized carbons (Fsp3) is 0.493. The number of hydrogen-bond donors (Lipinski definition) is 4. The Morgan fingerprint density at radius 2 is 0.758 bits per heavy atom. The number of benzene rings is 4. The summed E-state index contributed by atoms with van der Waals surface area (Å²) >= 11 is 0. The van der Waals surface area contributed by atoms with E-state index in [4.69, 9.17) is 29.8 Å². The summed E-state index contributed by atoms with van der Waals surface area (Å²) in [7, 11) is 0. The summed E-state index contributed by atoms with van der Waals surface area (Å²) < 4.78 is 21.8. The molecule has 0 bridgehead atoms. The molecule has 4 amide bonds. The molecule has 0 aliphatic carbocycles. The SMILES string of the molecule is CC(C)(C)OC(=O)N1CCC[C@H]1C(=O)CCc1ccc(-c2ccc(-c3cnc([C@@H]4CCCN4C(=O)OC(C)(C)C)[nH]3)cc2)cc1.CC(C)(C)OC(=O)N1CCC[C@H]1C(=O)O.CC(C)(C)OC(=O)N1CCC[C@H]1c1ncc(-c2ccc(-c3ccc(CN)cc3)cc2)[nH]1. The van der Waals surface area contributed by atoms with Crippen molar-refractivity contribution in [2.24, 2.45) is 5.73 Å². The van der Waals surface area contributed by atoms with Crippen LogP contribution in [0, 0.1) is 0 Å². The maximum atomic E-state index is 13.0. The second-order valence-corrected chi connectivity index (χ2v) is 27.7. The Morgan fingerprint density at radius 3 is 1.12 bits per heavy atom. The van der Waals surface area contributed by atoms with Gasteiger partial charge in [0.1, 0.15) is 40.1 Å². The number of carboxylic acids is 1. The molecule has 4 atom stereocenters. The zero-order valence-corrected chi connectivity index (χ0v) is 55.1. The highest BCUT2D eigenvalue weighted by Gasteiger charge is 2.39. The summed E-state index contributed by atoms with van der Waals surface area (Å²) in [6.07, 6.45) is 9.48. The molecule has 4 aliphatic heterocycles. The minimum absolute atomic E-state index is 0.0797. The average molecular weight is 1250 g/mol. The molecule has 0 unspecified atom stereocenters. The van der Waals surface area contributed by atoms with Crippen LogP contribution < -0.4 is 5.73 Å². The van der Waals surface area contributed by atoms with E-state index in [0.717, 1.165) is 106 Å². The van der Waals surface area contributed by atoms with Crippen molar-refractivity contribution in [3.63, 3.8) is 0 Å². The minimum Gasteiger partial charge on any atom is -0.480 e. The molecule has 4 fully saturated rings. The van der Waals surface area contributed by atoms with E-state index in [-0.39, 0.29) is 30.1 Å². The predicted octanol–water partition coefficient (Wildman–Crippen LogP) is 14.5. The maximum Gasteiger partial charge on any atom is 0.411 e. The molecule has 488 valence electrons. The first-order valence-corrected chi connectivity index (χ1v) is 31.9. The topological polar surface area (TPSA) is 256 Å². The van der Waals surface area contributed by atoms with Gasteiger partial charge in [-0.2, -0.15) is 0 Å². The number of amides is 4. The van der Waals surface area contributed by atoms with Crippen LogP contribution in [-0.4, -0.2) is 141 Å². The molecule has 0 radical (unpaired) electrons. The van der Waals surface area contributed by atoms with E-state index in [1.807, 2.05) is 74.7 Å². The molecule has 2 aromatic heterocycles. The van der Waals surface area contributed by atoms with Crippen LogP contribution in [0.3, 0.4) is 0 Å². The third kappa shape index (κ3) is 19.0. The predicted molar refractivity (Wildman–Crippen MR) is 350 cm³/mol. The molecule has 0 saturated carbocycles. The van der Waals surface area contributed by atoms with Gasteiger partial charge in [-0.25, -0.2) is 33.9 Å². The van der Waals surface area contributed by atoms with E-state index in [1.165, 1.54) is 4.90 Å². The largest absolute Gasteiger partial charge is 0.480 e. The number of imidazole rings is 2. The zero-order valence-electron chi connectivity index (χ0n) is 55.1. The summed E-state index contributed by atoms with van der Waals surface area (Å²) in [4.78, 5) is 95.9. The number of H-pyrrole nitrogens is 2. The molecule has 20 nitrogen and oxygen atoms in total. The average Bonchev–Trinajstić information content (AvgIpc) is 2.89. The Balaban J connectivity index is 0.000000199. The van der Waals surface area contributed by atoms with Crippen LogP contribution in [0.1, 0.15) is 176 Å². The Bertz CT molecular complexity index is 3440. The number of carbonyl (C=O) groups excluding carboxylic acids is 5. The van der Waals surface area contributed by atoms with Gasteiger partial charge in [-0.15, -0.1) is 0 Å². The van der Waals surface area contributed by atoms with Crippen molar-refractivity contribution in [3.05, 3.63) is 132 Å². The van der Waals surface area contributed by atoms with Crippen molar-refractivity contribution < 1.29 is 52.8 Å². The van der Waals surface area contributed by atoms with E-state index in [1.54, 1.807) is 35.5 Å². The van der Waals surface area contributed by atoms with E-state index < -0.39 is 52.6 Å². The van der Waals surface area contributed by atoms with Crippen molar-refractivity contribution in [2.75, 3.05) is 26.2 Å². The number of carboxylic acid groups (broad SMARTS) is 1. The number of nitrogens with one attached hydrogen (secondary N) is 2. The molecule has 4 saturated heterocycles. The van der Waals surface area contributed by atoms with Gasteiger partial charge in [-0.1, -0.05) is 97.1 Å². The Kier molecular flexibility index (Phi) is 21.9. The van der Waals surface area contributed by atoms with Gasteiger partial charge < -0.3 is 39.8 Å². The highest BCUT2D eigenvalue weighted by atomic mass is 16.6. The number of nitrogens with two attached hydrogens (primary N) is 1. The molecular formula is C71H93N9O11. The fourth-order valence-corrected chi connectivity index (χ4v) is 11.5. The number of ether oxygens (including phenoxy) is 4. The number of nitrogens with zero attached hydrogens (tertiary/aromatic N) is 6. The summed E-state index contributed by atoms with van der Waals surface area (Å²) in [5.74, 6) is 0.709. The normalized spacial score (nSPS) is 18.4. The molecule has 4 aromatic carbocycles. The lowest BCUT2D eigenvalue weighted by Crippen LogP contribution is -2.43. The van der Waals surface area contributed by atoms with Crippen LogP contribution in [0.2, 0.25) is 0 Å². The number of aliphatic carboxylic acids is 1. The number of aromatic amines is 2. The second-order valence-electron chi connectivity index (χ2n) is 27.7. The second kappa shape index (κ2) is 29.2. The number of hydrogen-bond acceptors (Lipinski definition) is 13. The van der Waals surface area contributed by atoms with Crippen LogP contribution in [-0.2, 0) is 41.5 Å². The Morgan fingerprint density at radius 1 is 0.451 bits per heavy atom. The van der Waals surface area contributed by atoms with E-state index in [2.05, 4.69) is 117 Å². The lowest BCUT2D eigenvalue weighted by atomic mass is 9.98.